The first-order chi connectivity index (χ1) is 7.88. The van der Waals surface area contributed by atoms with Gasteiger partial charge < -0.3 is 0 Å². The maximum atomic E-state index is 12.1. The van der Waals surface area contributed by atoms with Crippen LogP contribution in [0.25, 0.3) is 0 Å². The lowest BCUT2D eigenvalue weighted by Crippen LogP contribution is -2.38. The summed E-state index contributed by atoms with van der Waals surface area (Å²) in [7, 11) is -3.59. The Bertz CT molecular complexity index is 474. The second kappa shape index (κ2) is 5.80. The molecule has 0 saturated heterocycles. The number of nitrogens with zero attached hydrogens (tertiary/aromatic N) is 1. The largest absolute Gasteiger partial charge is 0.243 e. The summed E-state index contributed by atoms with van der Waals surface area (Å²) >= 11 is 5.78. The van der Waals surface area contributed by atoms with E-state index in [0.29, 0.717) is 0 Å². The maximum Gasteiger partial charge on any atom is 0.243 e. The van der Waals surface area contributed by atoms with Crippen molar-refractivity contribution in [3.05, 3.63) is 23.5 Å². The van der Waals surface area contributed by atoms with Gasteiger partial charge in [-0.2, -0.15) is 0 Å². The molecule has 1 atom stereocenters. The van der Waals surface area contributed by atoms with E-state index in [0.717, 1.165) is 6.42 Å². The number of hydrogen-bond donors (Lipinski definition) is 1. The molecule has 0 fully saturated rings. The summed E-state index contributed by atoms with van der Waals surface area (Å²) in [6.45, 7) is 5.89. The van der Waals surface area contributed by atoms with Gasteiger partial charge in [-0.05, 0) is 24.5 Å². The molecule has 4 nitrogen and oxygen atoms in total. The highest BCUT2D eigenvalue weighted by molar-refractivity contribution is 7.89. The number of aromatic nitrogens is 1. The van der Waals surface area contributed by atoms with Crippen molar-refractivity contribution in [3.63, 3.8) is 0 Å². The smallest absolute Gasteiger partial charge is 0.243 e. The summed E-state index contributed by atoms with van der Waals surface area (Å²) in [5.74, 6) is 0.227. The Hall–Kier alpha value is -0.650. The van der Waals surface area contributed by atoms with Crippen molar-refractivity contribution < 1.29 is 8.42 Å². The average molecular weight is 277 g/mol. The fraction of sp³-hybridized carbons (Fsp3) is 0.545. The van der Waals surface area contributed by atoms with Gasteiger partial charge in [0.05, 0.1) is 0 Å². The number of pyridine rings is 1. The van der Waals surface area contributed by atoms with E-state index in [9.17, 15) is 8.42 Å². The molecule has 0 aliphatic rings. The summed E-state index contributed by atoms with van der Waals surface area (Å²) in [5, 5.41) is -0.00129. The fourth-order valence-electron chi connectivity index (χ4n) is 1.53. The van der Waals surface area contributed by atoms with Crippen LogP contribution in [0.1, 0.15) is 27.2 Å². The monoisotopic (exact) mass is 276 g/mol. The molecule has 1 aromatic rings. The van der Waals surface area contributed by atoms with Gasteiger partial charge in [0.15, 0.2) is 0 Å². The highest BCUT2D eigenvalue weighted by Gasteiger charge is 2.23. The van der Waals surface area contributed by atoms with E-state index in [1.807, 2.05) is 20.8 Å². The number of sulfonamides is 1. The highest BCUT2D eigenvalue weighted by atomic mass is 35.5. The Labute approximate surface area is 107 Å². The third-order valence-electron chi connectivity index (χ3n) is 2.57. The van der Waals surface area contributed by atoms with Crippen molar-refractivity contribution in [2.45, 2.75) is 38.1 Å². The van der Waals surface area contributed by atoms with Crippen molar-refractivity contribution >= 4 is 21.6 Å². The predicted octanol–water partition coefficient (Wildman–Crippen LogP) is 2.45. The van der Waals surface area contributed by atoms with E-state index >= 15 is 0 Å². The number of halogens is 1. The van der Waals surface area contributed by atoms with E-state index in [1.165, 1.54) is 12.3 Å². The third kappa shape index (κ3) is 3.66. The van der Waals surface area contributed by atoms with Crippen molar-refractivity contribution in [3.8, 4) is 0 Å². The van der Waals surface area contributed by atoms with Crippen LogP contribution in [0.5, 0.6) is 0 Å². The Morgan fingerprint density at radius 2 is 2.12 bits per heavy atom. The van der Waals surface area contributed by atoms with E-state index in [2.05, 4.69) is 9.71 Å². The van der Waals surface area contributed by atoms with Crippen LogP contribution in [0, 0.1) is 5.92 Å². The SMILES string of the molecule is CCC(NS(=O)(=O)c1cccnc1Cl)C(C)C. The zero-order valence-electron chi connectivity index (χ0n) is 10.1. The molecule has 0 aromatic carbocycles. The molecule has 0 spiro atoms. The highest BCUT2D eigenvalue weighted by Crippen LogP contribution is 2.19. The molecule has 1 heterocycles. The lowest BCUT2D eigenvalue weighted by atomic mass is 10.0. The minimum atomic E-state index is -3.59. The number of rotatable bonds is 5. The third-order valence-corrected chi connectivity index (χ3v) is 4.50. The van der Waals surface area contributed by atoms with Crippen LogP contribution in [-0.4, -0.2) is 19.4 Å². The first kappa shape index (κ1) is 14.4. The van der Waals surface area contributed by atoms with Crippen LogP contribution >= 0.6 is 11.6 Å². The molecule has 6 heteroatoms. The molecule has 0 aliphatic carbocycles. The van der Waals surface area contributed by atoms with Gasteiger partial charge in [-0.25, -0.2) is 18.1 Å². The van der Waals surface area contributed by atoms with Gasteiger partial charge in [-0.3, -0.25) is 0 Å². The summed E-state index contributed by atoms with van der Waals surface area (Å²) in [6, 6.07) is 2.90. The van der Waals surface area contributed by atoms with E-state index in [1.54, 1.807) is 6.07 Å². The molecule has 0 bridgehead atoms. The average Bonchev–Trinajstić information content (AvgIpc) is 2.26. The minimum absolute atomic E-state index is 0.00129. The van der Waals surface area contributed by atoms with Crippen LogP contribution in [0.3, 0.4) is 0 Å². The van der Waals surface area contributed by atoms with Crippen LogP contribution in [0.2, 0.25) is 5.15 Å². The number of hydrogen-bond acceptors (Lipinski definition) is 3. The van der Waals surface area contributed by atoms with Gasteiger partial charge in [0.1, 0.15) is 10.0 Å². The molecule has 96 valence electrons. The molecular formula is C11H17ClN2O2S. The van der Waals surface area contributed by atoms with Crippen LogP contribution < -0.4 is 4.72 Å². The molecule has 17 heavy (non-hydrogen) atoms. The summed E-state index contributed by atoms with van der Waals surface area (Å²) < 4.78 is 26.8. The van der Waals surface area contributed by atoms with Crippen LogP contribution in [0.15, 0.2) is 23.2 Å². The van der Waals surface area contributed by atoms with Gasteiger partial charge in [0.25, 0.3) is 0 Å². The Balaban J connectivity index is 3.01. The van der Waals surface area contributed by atoms with Crippen molar-refractivity contribution in [2.75, 3.05) is 0 Å². The van der Waals surface area contributed by atoms with E-state index in [-0.39, 0.29) is 22.0 Å². The topological polar surface area (TPSA) is 59.1 Å². The van der Waals surface area contributed by atoms with Crippen molar-refractivity contribution in [2.24, 2.45) is 5.92 Å². The van der Waals surface area contributed by atoms with Gasteiger partial charge in [0, 0.05) is 12.2 Å². The molecule has 1 unspecified atom stereocenters. The van der Waals surface area contributed by atoms with Crippen molar-refractivity contribution in [1.82, 2.24) is 9.71 Å². The quantitative estimate of drug-likeness (QED) is 0.841. The molecule has 1 rings (SSSR count). The summed E-state index contributed by atoms with van der Waals surface area (Å²) in [5.41, 5.74) is 0. The van der Waals surface area contributed by atoms with E-state index in [4.69, 9.17) is 11.6 Å². The normalized spacial score (nSPS) is 13.9. The molecule has 1 aromatic heterocycles. The van der Waals surface area contributed by atoms with Crippen LogP contribution in [-0.2, 0) is 10.0 Å². The first-order valence-corrected chi connectivity index (χ1v) is 7.37. The Kier molecular flexibility index (Phi) is 4.91. The van der Waals surface area contributed by atoms with Gasteiger partial charge in [-0.15, -0.1) is 0 Å². The lowest BCUT2D eigenvalue weighted by molar-refractivity contribution is 0.437. The lowest BCUT2D eigenvalue weighted by Gasteiger charge is -2.20. The summed E-state index contributed by atoms with van der Waals surface area (Å²) in [6.07, 6.45) is 2.19. The molecule has 0 aliphatic heterocycles. The van der Waals surface area contributed by atoms with Crippen molar-refractivity contribution in [1.29, 1.82) is 0 Å². The predicted molar refractivity (Wildman–Crippen MR) is 68.5 cm³/mol. The van der Waals surface area contributed by atoms with Gasteiger partial charge in [0.2, 0.25) is 10.0 Å². The number of nitrogens with one attached hydrogen (secondary N) is 1. The first-order valence-electron chi connectivity index (χ1n) is 5.51. The van der Waals surface area contributed by atoms with Crippen LogP contribution in [0.4, 0.5) is 0 Å². The zero-order valence-corrected chi connectivity index (χ0v) is 11.7. The Morgan fingerprint density at radius 3 is 2.59 bits per heavy atom. The molecular weight excluding hydrogens is 260 g/mol. The second-order valence-corrected chi connectivity index (χ2v) is 6.21. The maximum absolute atomic E-state index is 12.1. The summed E-state index contributed by atoms with van der Waals surface area (Å²) in [4.78, 5) is 3.80. The molecule has 0 radical (unpaired) electrons. The standard InChI is InChI=1S/C11H17ClN2O2S/c1-4-9(8(2)3)14-17(15,16)10-6-5-7-13-11(10)12/h5-9,14H,4H2,1-3H3. The van der Waals surface area contributed by atoms with E-state index < -0.39 is 10.0 Å². The molecule has 1 N–H and O–H groups in total. The van der Waals surface area contributed by atoms with Gasteiger partial charge in [-0.1, -0.05) is 32.4 Å². The molecule has 0 amide bonds. The minimum Gasteiger partial charge on any atom is -0.243 e. The second-order valence-electron chi connectivity index (χ2n) is 4.17. The van der Waals surface area contributed by atoms with Gasteiger partial charge >= 0.3 is 0 Å². The zero-order chi connectivity index (χ0) is 13.1. The Morgan fingerprint density at radius 1 is 1.47 bits per heavy atom. The fourth-order valence-corrected chi connectivity index (χ4v) is 3.45. The molecule has 0 saturated carbocycles.